The Morgan fingerprint density at radius 3 is 2.36 bits per heavy atom. The topological polar surface area (TPSA) is 83.8 Å². The van der Waals surface area contributed by atoms with Gasteiger partial charge in [0.15, 0.2) is 5.78 Å². The molecule has 0 aliphatic heterocycles. The van der Waals surface area contributed by atoms with Crippen molar-refractivity contribution in [3.63, 3.8) is 0 Å². The van der Waals surface area contributed by atoms with E-state index in [9.17, 15) is 14.7 Å². The van der Waals surface area contributed by atoms with Crippen LogP contribution in [0.15, 0.2) is 55.1 Å². The van der Waals surface area contributed by atoms with E-state index in [-0.39, 0.29) is 29.0 Å². The van der Waals surface area contributed by atoms with E-state index >= 15 is 0 Å². The zero-order chi connectivity index (χ0) is 16.1. The van der Waals surface area contributed by atoms with Crippen molar-refractivity contribution in [1.29, 1.82) is 0 Å². The predicted octanol–water partition coefficient (Wildman–Crippen LogP) is 2.89. The molecular weight excluding hydrogens is 284 g/mol. The lowest BCUT2D eigenvalue weighted by molar-refractivity contribution is 0.0692. The lowest BCUT2D eigenvalue weighted by Gasteiger charge is -2.09. The maximum absolute atomic E-state index is 12.4. The Balaban J connectivity index is 2.38. The molecule has 2 rings (SSSR count). The third-order valence-corrected chi connectivity index (χ3v) is 2.98. The fourth-order valence-electron chi connectivity index (χ4n) is 1.96. The lowest BCUT2D eigenvalue weighted by Crippen LogP contribution is -2.09. The van der Waals surface area contributed by atoms with Crippen LogP contribution in [0.25, 0.3) is 0 Å². The van der Waals surface area contributed by atoms with Crippen LogP contribution in [-0.4, -0.2) is 28.6 Å². The third-order valence-electron chi connectivity index (χ3n) is 2.98. The minimum absolute atomic E-state index is 0.0136. The molecular formula is C17H14O5. The number of phenolic OH excluding ortho intramolecular Hbond substituents is 1. The van der Waals surface area contributed by atoms with Crippen molar-refractivity contribution < 1.29 is 24.5 Å². The van der Waals surface area contributed by atoms with Crippen LogP contribution in [0.3, 0.4) is 0 Å². The van der Waals surface area contributed by atoms with Crippen LogP contribution in [-0.2, 0) is 0 Å². The highest BCUT2D eigenvalue weighted by atomic mass is 16.5. The second kappa shape index (κ2) is 6.58. The molecule has 0 heterocycles. The van der Waals surface area contributed by atoms with Gasteiger partial charge < -0.3 is 14.9 Å². The molecule has 0 fully saturated rings. The van der Waals surface area contributed by atoms with Gasteiger partial charge in [0.2, 0.25) is 0 Å². The van der Waals surface area contributed by atoms with Crippen molar-refractivity contribution in [3.8, 4) is 11.5 Å². The summed E-state index contributed by atoms with van der Waals surface area (Å²) in [6.07, 6.45) is 1.55. The summed E-state index contributed by atoms with van der Waals surface area (Å²) in [5.41, 5.74) is -0.0800. The van der Waals surface area contributed by atoms with Gasteiger partial charge in [-0.2, -0.15) is 0 Å². The van der Waals surface area contributed by atoms with Crippen LogP contribution in [0.4, 0.5) is 0 Å². The van der Waals surface area contributed by atoms with Gasteiger partial charge in [-0.3, -0.25) is 4.79 Å². The van der Waals surface area contributed by atoms with Gasteiger partial charge in [-0.05, 0) is 18.2 Å². The maximum Gasteiger partial charge on any atom is 0.336 e. The van der Waals surface area contributed by atoms with E-state index in [1.165, 1.54) is 36.4 Å². The lowest BCUT2D eigenvalue weighted by atomic mass is 9.97. The molecule has 0 radical (unpaired) electrons. The van der Waals surface area contributed by atoms with Gasteiger partial charge in [0.25, 0.3) is 0 Å². The van der Waals surface area contributed by atoms with Crippen molar-refractivity contribution in [3.05, 3.63) is 71.8 Å². The Bertz CT molecular complexity index is 734. The summed E-state index contributed by atoms with van der Waals surface area (Å²) >= 11 is 0. The second-order valence-corrected chi connectivity index (χ2v) is 4.46. The molecule has 0 aliphatic rings. The molecule has 22 heavy (non-hydrogen) atoms. The fraction of sp³-hybridized carbons (Fsp3) is 0.0588. The first-order valence-corrected chi connectivity index (χ1v) is 6.48. The van der Waals surface area contributed by atoms with Crippen LogP contribution in [0.1, 0.15) is 26.3 Å². The highest BCUT2D eigenvalue weighted by Gasteiger charge is 2.20. The average Bonchev–Trinajstić information content (AvgIpc) is 2.52. The number of hydrogen-bond acceptors (Lipinski definition) is 4. The summed E-state index contributed by atoms with van der Waals surface area (Å²) in [4.78, 5) is 23.6. The molecule has 0 saturated carbocycles. The number of carboxylic acids is 1. The van der Waals surface area contributed by atoms with E-state index in [0.717, 1.165) is 0 Å². The van der Waals surface area contributed by atoms with Gasteiger partial charge >= 0.3 is 5.97 Å². The van der Waals surface area contributed by atoms with Gasteiger partial charge in [-0.25, -0.2) is 4.79 Å². The molecule has 0 unspecified atom stereocenters. The SMILES string of the molecule is C=CCOc1ccc(C(=O)c2ccccc2C(=O)O)c(O)c1. The zero-order valence-corrected chi connectivity index (χ0v) is 11.7. The van der Waals surface area contributed by atoms with E-state index in [2.05, 4.69) is 6.58 Å². The highest BCUT2D eigenvalue weighted by molar-refractivity contribution is 6.15. The molecule has 2 aromatic rings. The molecule has 0 bridgehead atoms. The maximum atomic E-state index is 12.4. The van der Waals surface area contributed by atoms with E-state index < -0.39 is 11.8 Å². The number of aromatic hydroxyl groups is 1. The van der Waals surface area contributed by atoms with Gasteiger partial charge in [0.1, 0.15) is 18.1 Å². The Kier molecular flexibility index (Phi) is 4.58. The smallest absolute Gasteiger partial charge is 0.336 e. The molecule has 112 valence electrons. The Labute approximate surface area is 127 Å². The summed E-state index contributed by atoms with van der Waals surface area (Å²) < 4.78 is 5.25. The largest absolute Gasteiger partial charge is 0.507 e. The first-order valence-electron chi connectivity index (χ1n) is 6.48. The van der Waals surface area contributed by atoms with Crippen LogP contribution in [0.5, 0.6) is 11.5 Å². The van der Waals surface area contributed by atoms with Gasteiger partial charge in [0.05, 0.1) is 11.1 Å². The fourth-order valence-corrected chi connectivity index (χ4v) is 1.96. The van der Waals surface area contributed by atoms with Gasteiger partial charge in [-0.1, -0.05) is 30.9 Å². The first-order chi connectivity index (χ1) is 10.5. The highest BCUT2D eigenvalue weighted by Crippen LogP contribution is 2.27. The molecule has 0 saturated heterocycles. The van der Waals surface area contributed by atoms with Crippen molar-refractivity contribution in [1.82, 2.24) is 0 Å². The predicted molar refractivity (Wildman–Crippen MR) is 80.6 cm³/mol. The molecule has 0 amide bonds. The van der Waals surface area contributed by atoms with Crippen molar-refractivity contribution in [2.75, 3.05) is 6.61 Å². The standard InChI is InChI=1S/C17H14O5/c1-2-9-22-11-7-8-14(15(18)10-11)16(19)12-5-3-4-6-13(12)17(20)21/h2-8,10,18H,1,9H2,(H,20,21). The van der Waals surface area contributed by atoms with Crippen molar-refractivity contribution >= 4 is 11.8 Å². The van der Waals surface area contributed by atoms with E-state index in [1.54, 1.807) is 12.1 Å². The number of carbonyl (C=O) groups is 2. The summed E-state index contributed by atoms with van der Waals surface area (Å²) in [6.45, 7) is 3.79. The van der Waals surface area contributed by atoms with E-state index in [0.29, 0.717) is 5.75 Å². The second-order valence-electron chi connectivity index (χ2n) is 4.46. The molecule has 2 aromatic carbocycles. The number of rotatable bonds is 6. The van der Waals surface area contributed by atoms with Crippen molar-refractivity contribution in [2.24, 2.45) is 0 Å². The molecule has 5 nitrogen and oxygen atoms in total. The van der Waals surface area contributed by atoms with Gasteiger partial charge in [0, 0.05) is 11.6 Å². The number of phenols is 1. The van der Waals surface area contributed by atoms with E-state index in [1.807, 2.05) is 0 Å². The third kappa shape index (κ3) is 3.15. The monoisotopic (exact) mass is 298 g/mol. The molecule has 0 atom stereocenters. The van der Waals surface area contributed by atoms with Crippen LogP contribution >= 0.6 is 0 Å². The number of hydrogen-bond donors (Lipinski definition) is 2. The Morgan fingerprint density at radius 2 is 1.77 bits per heavy atom. The van der Waals surface area contributed by atoms with E-state index in [4.69, 9.17) is 9.84 Å². The van der Waals surface area contributed by atoms with Gasteiger partial charge in [-0.15, -0.1) is 0 Å². The summed E-state index contributed by atoms with van der Waals surface area (Å²) in [6, 6.07) is 10.1. The summed E-state index contributed by atoms with van der Waals surface area (Å²) in [5, 5.41) is 19.1. The number of ketones is 1. The molecule has 0 spiro atoms. The molecule has 2 N–H and O–H groups in total. The number of carboxylic acid groups (broad SMARTS) is 1. The molecule has 0 aliphatic carbocycles. The van der Waals surface area contributed by atoms with Crippen LogP contribution in [0.2, 0.25) is 0 Å². The average molecular weight is 298 g/mol. The number of benzene rings is 2. The normalized spacial score (nSPS) is 10.0. The molecule has 5 heteroatoms. The quantitative estimate of drug-likeness (QED) is 0.633. The summed E-state index contributed by atoms with van der Waals surface area (Å²) in [5.74, 6) is -1.65. The Morgan fingerprint density at radius 1 is 1.09 bits per heavy atom. The Hall–Kier alpha value is -3.08. The zero-order valence-electron chi connectivity index (χ0n) is 11.7. The number of aromatic carboxylic acids is 1. The van der Waals surface area contributed by atoms with Crippen LogP contribution in [0, 0.1) is 0 Å². The van der Waals surface area contributed by atoms with Crippen molar-refractivity contribution in [2.45, 2.75) is 0 Å². The minimum Gasteiger partial charge on any atom is -0.507 e. The minimum atomic E-state index is -1.20. The number of carbonyl (C=O) groups excluding carboxylic acids is 1. The summed E-state index contributed by atoms with van der Waals surface area (Å²) in [7, 11) is 0. The number of ether oxygens (including phenoxy) is 1. The van der Waals surface area contributed by atoms with Crippen LogP contribution < -0.4 is 4.74 Å². The first kappa shape index (κ1) is 15.3. The molecule has 0 aromatic heterocycles.